The van der Waals surface area contributed by atoms with Crippen LogP contribution in [0, 0.1) is 0 Å². The van der Waals surface area contributed by atoms with Crippen LogP contribution in [0.4, 0.5) is 5.69 Å². The van der Waals surface area contributed by atoms with Crippen molar-refractivity contribution >= 4 is 17.7 Å². The standard InChI is InChI=1S/C23H23N3O/c1-18(26-23(27)13-12-19-7-3-2-4-8-19)21-10-5-11-22(15-21)25-17-20-9-6-14-24-16-20/h2-16,18,25H,17H2,1H3,(H,26,27)/b13-12+/t18-/m0/s1. The number of benzene rings is 2. The molecule has 0 aliphatic rings. The summed E-state index contributed by atoms with van der Waals surface area (Å²) in [6.45, 7) is 2.69. The number of amides is 1. The fourth-order valence-electron chi connectivity index (χ4n) is 2.71. The van der Waals surface area contributed by atoms with Crippen LogP contribution < -0.4 is 10.6 Å². The Morgan fingerprint density at radius 3 is 2.70 bits per heavy atom. The number of carbonyl (C=O) groups excluding carboxylic acids is 1. The first-order chi connectivity index (χ1) is 13.2. The Labute approximate surface area is 160 Å². The smallest absolute Gasteiger partial charge is 0.244 e. The molecule has 0 fully saturated rings. The maximum atomic E-state index is 12.2. The summed E-state index contributed by atoms with van der Waals surface area (Å²) < 4.78 is 0. The van der Waals surface area contributed by atoms with Gasteiger partial charge in [0.2, 0.25) is 5.91 Å². The second-order valence-electron chi connectivity index (χ2n) is 6.31. The number of aromatic nitrogens is 1. The molecule has 0 radical (unpaired) electrons. The van der Waals surface area contributed by atoms with Gasteiger partial charge in [-0.2, -0.15) is 0 Å². The van der Waals surface area contributed by atoms with E-state index in [0.717, 1.165) is 22.4 Å². The lowest BCUT2D eigenvalue weighted by Crippen LogP contribution is -2.24. The van der Waals surface area contributed by atoms with Crippen molar-refractivity contribution in [1.29, 1.82) is 0 Å². The van der Waals surface area contributed by atoms with E-state index in [9.17, 15) is 4.79 Å². The summed E-state index contributed by atoms with van der Waals surface area (Å²) in [5, 5.41) is 6.39. The Bertz CT molecular complexity index is 892. The molecule has 0 bridgehead atoms. The molecule has 0 spiro atoms. The van der Waals surface area contributed by atoms with Crippen molar-refractivity contribution in [1.82, 2.24) is 10.3 Å². The molecule has 1 amide bonds. The number of rotatable bonds is 7. The minimum atomic E-state index is -0.111. The number of hydrogen-bond acceptors (Lipinski definition) is 3. The van der Waals surface area contributed by atoms with Gasteiger partial charge in [-0.3, -0.25) is 9.78 Å². The van der Waals surface area contributed by atoms with E-state index >= 15 is 0 Å². The van der Waals surface area contributed by atoms with Crippen LogP contribution in [0.2, 0.25) is 0 Å². The predicted octanol–water partition coefficient (Wildman–Crippen LogP) is 4.58. The van der Waals surface area contributed by atoms with Gasteiger partial charge in [-0.15, -0.1) is 0 Å². The molecule has 1 aromatic heterocycles. The van der Waals surface area contributed by atoms with Crippen molar-refractivity contribution < 1.29 is 4.79 Å². The Morgan fingerprint density at radius 1 is 1.07 bits per heavy atom. The van der Waals surface area contributed by atoms with Crippen LogP contribution in [-0.4, -0.2) is 10.9 Å². The highest BCUT2D eigenvalue weighted by Gasteiger charge is 2.08. The second-order valence-corrected chi connectivity index (χ2v) is 6.31. The molecule has 0 saturated heterocycles. The molecule has 4 nitrogen and oxygen atoms in total. The topological polar surface area (TPSA) is 54.0 Å². The van der Waals surface area contributed by atoms with Crippen molar-refractivity contribution in [3.63, 3.8) is 0 Å². The highest BCUT2D eigenvalue weighted by molar-refractivity contribution is 5.91. The van der Waals surface area contributed by atoms with Gasteiger partial charge in [0.25, 0.3) is 0 Å². The quantitative estimate of drug-likeness (QED) is 0.608. The van der Waals surface area contributed by atoms with E-state index in [4.69, 9.17) is 0 Å². The number of carbonyl (C=O) groups is 1. The van der Waals surface area contributed by atoms with Crippen molar-refractivity contribution in [3.8, 4) is 0 Å². The lowest BCUT2D eigenvalue weighted by molar-refractivity contribution is -0.117. The minimum absolute atomic E-state index is 0.0851. The van der Waals surface area contributed by atoms with Crippen molar-refractivity contribution in [3.05, 3.63) is 102 Å². The summed E-state index contributed by atoms with van der Waals surface area (Å²) in [5.74, 6) is -0.111. The molecule has 3 aromatic rings. The van der Waals surface area contributed by atoms with Gasteiger partial charge in [-0.25, -0.2) is 0 Å². The Hall–Kier alpha value is -3.40. The lowest BCUT2D eigenvalue weighted by Gasteiger charge is -2.15. The number of anilines is 1. The average Bonchev–Trinajstić information content (AvgIpc) is 2.72. The SMILES string of the molecule is C[C@H](NC(=O)/C=C/c1ccccc1)c1cccc(NCc2cccnc2)c1. The molecule has 0 saturated carbocycles. The van der Waals surface area contributed by atoms with E-state index in [1.807, 2.05) is 79.9 Å². The van der Waals surface area contributed by atoms with E-state index in [0.29, 0.717) is 6.54 Å². The molecule has 4 heteroatoms. The molecule has 1 heterocycles. The van der Waals surface area contributed by atoms with Gasteiger partial charge in [0, 0.05) is 30.7 Å². The van der Waals surface area contributed by atoms with Gasteiger partial charge in [0.05, 0.1) is 6.04 Å². The molecule has 1 atom stereocenters. The first-order valence-corrected chi connectivity index (χ1v) is 8.97. The number of pyridine rings is 1. The molecular weight excluding hydrogens is 334 g/mol. The molecule has 27 heavy (non-hydrogen) atoms. The number of hydrogen-bond donors (Lipinski definition) is 2. The maximum Gasteiger partial charge on any atom is 0.244 e. The molecule has 2 aromatic carbocycles. The van der Waals surface area contributed by atoms with Crippen LogP contribution in [0.25, 0.3) is 6.08 Å². The van der Waals surface area contributed by atoms with Crippen molar-refractivity contribution in [2.75, 3.05) is 5.32 Å². The van der Waals surface area contributed by atoms with Crippen LogP contribution in [-0.2, 0) is 11.3 Å². The molecule has 2 N–H and O–H groups in total. The van der Waals surface area contributed by atoms with E-state index in [2.05, 4.69) is 21.7 Å². The van der Waals surface area contributed by atoms with Crippen LogP contribution >= 0.6 is 0 Å². The average molecular weight is 357 g/mol. The van der Waals surface area contributed by atoms with Crippen LogP contribution in [0.5, 0.6) is 0 Å². The van der Waals surface area contributed by atoms with E-state index in [-0.39, 0.29) is 11.9 Å². The summed E-state index contributed by atoms with van der Waals surface area (Å²) in [7, 11) is 0. The number of nitrogens with zero attached hydrogens (tertiary/aromatic N) is 1. The van der Waals surface area contributed by atoms with Crippen LogP contribution in [0.1, 0.15) is 29.7 Å². The van der Waals surface area contributed by atoms with E-state index in [1.54, 1.807) is 12.3 Å². The fourth-order valence-corrected chi connectivity index (χ4v) is 2.71. The van der Waals surface area contributed by atoms with E-state index in [1.165, 1.54) is 0 Å². The van der Waals surface area contributed by atoms with Crippen molar-refractivity contribution in [2.45, 2.75) is 19.5 Å². The summed E-state index contributed by atoms with van der Waals surface area (Å²) >= 11 is 0. The zero-order valence-electron chi connectivity index (χ0n) is 15.3. The third-order valence-corrected chi connectivity index (χ3v) is 4.19. The van der Waals surface area contributed by atoms with Gasteiger partial charge >= 0.3 is 0 Å². The first-order valence-electron chi connectivity index (χ1n) is 8.97. The summed E-state index contributed by atoms with van der Waals surface area (Å²) in [6.07, 6.45) is 6.99. The fraction of sp³-hybridized carbons (Fsp3) is 0.130. The zero-order valence-corrected chi connectivity index (χ0v) is 15.3. The molecular formula is C23H23N3O. The summed E-state index contributed by atoms with van der Waals surface area (Å²) in [5.41, 5.74) is 4.18. The predicted molar refractivity (Wildman–Crippen MR) is 110 cm³/mol. The highest BCUT2D eigenvalue weighted by atomic mass is 16.1. The van der Waals surface area contributed by atoms with Gasteiger partial charge in [-0.1, -0.05) is 48.5 Å². The third-order valence-electron chi connectivity index (χ3n) is 4.19. The Morgan fingerprint density at radius 2 is 1.93 bits per heavy atom. The summed E-state index contributed by atoms with van der Waals surface area (Å²) in [6, 6.07) is 21.7. The van der Waals surface area contributed by atoms with Crippen molar-refractivity contribution in [2.24, 2.45) is 0 Å². The minimum Gasteiger partial charge on any atom is -0.381 e. The molecule has 0 aliphatic heterocycles. The molecule has 0 aliphatic carbocycles. The van der Waals surface area contributed by atoms with E-state index < -0.39 is 0 Å². The van der Waals surface area contributed by atoms with Gasteiger partial charge in [0.1, 0.15) is 0 Å². The van der Waals surface area contributed by atoms with Gasteiger partial charge in [0.15, 0.2) is 0 Å². The molecule has 0 unspecified atom stereocenters. The molecule has 3 rings (SSSR count). The van der Waals surface area contributed by atoms with Crippen LogP contribution in [0.3, 0.4) is 0 Å². The second kappa shape index (κ2) is 9.34. The lowest BCUT2D eigenvalue weighted by atomic mass is 10.1. The monoisotopic (exact) mass is 357 g/mol. The van der Waals surface area contributed by atoms with Gasteiger partial charge in [-0.05, 0) is 47.9 Å². The number of nitrogens with one attached hydrogen (secondary N) is 2. The zero-order chi connectivity index (χ0) is 18.9. The molecule has 136 valence electrons. The highest BCUT2D eigenvalue weighted by Crippen LogP contribution is 2.18. The Kier molecular flexibility index (Phi) is 6.36. The summed E-state index contributed by atoms with van der Waals surface area (Å²) in [4.78, 5) is 16.3. The first kappa shape index (κ1) is 18.4. The normalized spacial score (nSPS) is 11.9. The third kappa shape index (κ3) is 5.82. The van der Waals surface area contributed by atoms with Crippen LogP contribution in [0.15, 0.2) is 85.2 Å². The van der Waals surface area contributed by atoms with Gasteiger partial charge < -0.3 is 10.6 Å². The maximum absolute atomic E-state index is 12.2. The Balaban J connectivity index is 1.57. The largest absolute Gasteiger partial charge is 0.381 e.